The minimum Gasteiger partial charge on any atom is -0.497 e. The van der Waals surface area contributed by atoms with Crippen molar-refractivity contribution in [1.82, 2.24) is 20.4 Å². The molecule has 9 heteroatoms. The van der Waals surface area contributed by atoms with Crippen LogP contribution in [0.4, 0.5) is 15.7 Å². The van der Waals surface area contributed by atoms with Gasteiger partial charge >= 0.3 is 6.03 Å². The van der Waals surface area contributed by atoms with Crippen molar-refractivity contribution in [3.63, 3.8) is 0 Å². The predicted octanol–water partition coefficient (Wildman–Crippen LogP) is 2.89. The fourth-order valence-electron chi connectivity index (χ4n) is 1.85. The van der Waals surface area contributed by atoms with Crippen molar-refractivity contribution in [2.24, 2.45) is 0 Å². The Kier molecular flexibility index (Phi) is 4.20. The molecule has 0 radical (unpaired) electrons. The maximum absolute atomic E-state index is 11.9. The van der Waals surface area contributed by atoms with Gasteiger partial charge in [0.1, 0.15) is 10.8 Å². The Balaban J connectivity index is 1.65. The smallest absolute Gasteiger partial charge is 0.326 e. The van der Waals surface area contributed by atoms with E-state index in [0.717, 1.165) is 17.0 Å². The summed E-state index contributed by atoms with van der Waals surface area (Å²) in [6, 6.07) is 8.76. The van der Waals surface area contributed by atoms with Gasteiger partial charge in [0.2, 0.25) is 5.13 Å². The molecule has 1 aromatic carbocycles. The average molecular weight is 330 g/mol. The predicted molar refractivity (Wildman–Crippen MR) is 87.9 cm³/mol. The van der Waals surface area contributed by atoms with Gasteiger partial charge in [-0.05, 0) is 31.2 Å². The summed E-state index contributed by atoms with van der Waals surface area (Å²) in [5, 5.41) is 21.0. The number of urea groups is 1. The van der Waals surface area contributed by atoms with Gasteiger partial charge < -0.3 is 4.74 Å². The van der Waals surface area contributed by atoms with Crippen LogP contribution in [-0.2, 0) is 0 Å². The van der Waals surface area contributed by atoms with E-state index in [-0.39, 0.29) is 0 Å². The van der Waals surface area contributed by atoms with Crippen LogP contribution >= 0.6 is 11.3 Å². The molecule has 0 spiro atoms. The summed E-state index contributed by atoms with van der Waals surface area (Å²) in [6.45, 7) is 1.85. The van der Waals surface area contributed by atoms with Crippen LogP contribution in [0.2, 0.25) is 0 Å². The van der Waals surface area contributed by atoms with Crippen LogP contribution < -0.4 is 15.4 Å². The number of carbonyl (C=O) groups excluding carboxylic acids is 1. The van der Waals surface area contributed by atoms with Crippen LogP contribution in [0.3, 0.4) is 0 Å². The third-order valence-corrected chi connectivity index (χ3v) is 3.82. The number of hydrogen-bond donors (Lipinski definition) is 3. The van der Waals surface area contributed by atoms with Gasteiger partial charge in [0, 0.05) is 17.3 Å². The Bertz CT molecular complexity index is 811. The van der Waals surface area contributed by atoms with Gasteiger partial charge in [-0.15, -0.1) is 10.2 Å². The summed E-state index contributed by atoms with van der Waals surface area (Å²) in [6.07, 6.45) is 0. The number of methoxy groups -OCH3 is 1. The molecule has 3 rings (SSSR count). The second-order valence-electron chi connectivity index (χ2n) is 4.66. The van der Waals surface area contributed by atoms with Crippen molar-refractivity contribution in [3.8, 4) is 16.3 Å². The van der Waals surface area contributed by atoms with Gasteiger partial charge in [-0.2, -0.15) is 5.10 Å². The highest BCUT2D eigenvalue weighted by Gasteiger charge is 2.10. The highest BCUT2D eigenvalue weighted by Crippen LogP contribution is 2.27. The van der Waals surface area contributed by atoms with Gasteiger partial charge in [0.15, 0.2) is 5.82 Å². The van der Waals surface area contributed by atoms with Crippen LogP contribution in [0.25, 0.3) is 10.6 Å². The number of ether oxygens (including phenoxy) is 1. The van der Waals surface area contributed by atoms with Crippen molar-refractivity contribution in [1.29, 1.82) is 0 Å². The number of anilines is 2. The summed E-state index contributed by atoms with van der Waals surface area (Å²) < 4.78 is 5.11. The SMILES string of the molecule is COc1ccc(-c2nnc(NC(=O)Nc3cc(C)[nH]n3)s2)cc1. The van der Waals surface area contributed by atoms with E-state index in [9.17, 15) is 4.79 Å². The lowest BCUT2D eigenvalue weighted by atomic mass is 10.2. The van der Waals surface area contributed by atoms with Gasteiger partial charge in [0.25, 0.3) is 0 Å². The molecule has 0 unspecified atom stereocenters. The molecule has 0 fully saturated rings. The highest BCUT2D eigenvalue weighted by molar-refractivity contribution is 7.18. The maximum atomic E-state index is 11.9. The largest absolute Gasteiger partial charge is 0.497 e. The molecule has 23 heavy (non-hydrogen) atoms. The van der Waals surface area contributed by atoms with Crippen LogP contribution in [0.15, 0.2) is 30.3 Å². The number of H-pyrrole nitrogens is 1. The topological polar surface area (TPSA) is 105 Å². The lowest BCUT2D eigenvalue weighted by molar-refractivity contribution is 0.262. The first-order valence-corrected chi connectivity index (χ1v) is 7.53. The number of nitrogens with one attached hydrogen (secondary N) is 3. The van der Waals surface area contributed by atoms with E-state index in [0.29, 0.717) is 16.0 Å². The van der Waals surface area contributed by atoms with Gasteiger partial charge in [-0.3, -0.25) is 15.7 Å². The van der Waals surface area contributed by atoms with Gasteiger partial charge in [-0.1, -0.05) is 11.3 Å². The molecule has 0 aliphatic rings. The number of carbonyl (C=O) groups is 1. The lowest BCUT2D eigenvalue weighted by Gasteiger charge is -2.01. The number of amides is 2. The zero-order valence-electron chi connectivity index (χ0n) is 12.5. The monoisotopic (exact) mass is 330 g/mol. The van der Waals surface area contributed by atoms with Crippen molar-refractivity contribution in [2.45, 2.75) is 6.92 Å². The highest BCUT2D eigenvalue weighted by atomic mass is 32.1. The molecular weight excluding hydrogens is 316 g/mol. The average Bonchev–Trinajstić information content (AvgIpc) is 3.16. The molecule has 8 nitrogen and oxygen atoms in total. The Labute approximate surface area is 135 Å². The molecule has 0 aliphatic heterocycles. The zero-order chi connectivity index (χ0) is 16.2. The molecule has 0 atom stereocenters. The van der Waals surface area contributed by atoms with Crippen molar-refractivity contribution in [3.05, 3.63) is 36.0 Å². The molecular formula is C14H14N6O2S. The minimum absolute atomic E-state index is 0.403. The van der Waals surface area contributed by atoms with Crippen LogP contribution in [-0.4, -0.2) is 33.5 Å². The molecule has 2 amide bonds. The summed E-state index contributed by atoms with van der Waals surface area (Å²) >= 11 is 1.28. The molecule has 118 valence electrons. The third kappa shape index (κ3) is 3.64. The molecule has 0 saturated heterocycles. The fraction of sp³-hybridized carbons (Fsp3) is 0.143. The van der Waals surface area contributed by atoms with E-state index >= 15 is 0 Å². The standard InChI is InChI=1S/C14H14N6O2S/c1-8-7-11(18-17-8)15-13(21)16-14-20-19-12(23-14)9-3-5-10(22-2)6-4-9/h3-7H,1-2H3,(H3,15,16,17,18,20,21). The summed E-state index contributed by atoms with van der Waals surface area (Å²) in [5.74, 6) is 1.21. The van der Waals surface area contributed by atoms with E-state index in [1.165, 1.54) is 11.3 Å². The summed E-state index contributed by atoms with van der Waals surface area (Å²) in [7, 11) is 1.61. The van der Waals surface area contributed by atoms with Crippen molar-refractivity contribution in [2.75, 3.05) is 17.7 Å². The minimum atomic E-state index is -0.422. The number of aryl methyl sites for hydroxylation is 1. The second kappa shape index (κ2) is 6.44. The molecule has 0 aliphatic carbocycles. The number of nitrogens with zero attached hydrogens (tertiary/aromatic N) is 3. The first kappa shape index (κ1) is 15.0. The Morgan fingerprint density at radius 3 is 2.65 bits per heavy atom. The van der Waals surface area contributed by atoms with Crippen LogP contribution in [0.1, 0.15) is 5.69 Å². The molecule has 3 aromatic rings. The van der Waals surface area contributed by atoms with Crippen LogP contribution in [0, 0.1) is 6.92 Å². The normalized spacial score (nSPS) is 10.3. The molecule has 2 aromatic heterocycles. The van der Waals surface area contributed by atoms with Crippen molar-refractivity contribution < 1.29 is 9.53 Å². The lowest BCUT2D eigenvalue weighted by Crippen LogP contribution is -2.19. The van der Waals surface area contributed by atoms with Gasteiger partial charge in [0.05, 0.1) is 7.11 Å². The van der Waals surface area contributed by atoms with E-state index in [1.54, 1.807) is 13.2 Å². The molecule has 2 heterocycles. The molecule has 0 saturated carbocycles. The Morgan fingerprint density at radius 1 is 1.22 bits per heavy atom. The number of aromatic nitrogens is 4. The first-order chi connectivity index (χ1) is 11.1. The first-order valence-electron chi connectivity index (χ1n) is 6.72. The summed E-state index contributed by atoms with van der Waals surface area (Å²) in [5.41, 5.74) is 1.76. The Morgan fingerprint density at radius 2 is 2.00 bits per heavy atom. The van der Waals surface area contributed by atoms with Crippen molar-refractivity contribution >= 4 is 28.3 Å². The zero-order valence-corrected chi connectivity index (χ0v) is 13.3. The molecule has 0 bridgehead atoms. The van der Waals surface area contributed by atoms with Gasteiger partial charge in [-0.25, -0.2) is 4.79 Å². The summed E-state index contributed by atoms with van der Waals surface area (Å²) in [4.78, 5) is 11.9. The van der Waals surface area contributed by atoms with E-state index in [2.05, 4.69) is 31.0 Å². The van der Waals surface area contributed by atoms with Crippen LogP contribution in [0.5, 0.6) is 5.75 Å². The number of aromatic amines is 1. The fourth-order valence-corrected chi connectivity index (χ4v) is 2.59. The number of benzene rings is 1. The Hall–Kier alpha value is -2.94. The van der Waals surface area contributed by atoms with E-state index in [4.69, 9.17) is 4.74 Å². The third-order valence-electron chi connectivity index (χ3n) is 2.93. The maximum Gasteiger partial charge on any atom is 0.326 e. The van der Waals surface area contributed by atoms with E-state index in [1.807, 2.05) is 31.2 Å². The molecule has 3 N–H and O–H groups in total. The number of hydrogen-bond acceptors (Lipinski definition) is 6. The quantitative estimate of drug-likeness (QED) is 0.682. The van der Waals surface area contributed by atoms with E-state index < -0.39 is 6.03 Å². The second-order valence-corrected chi connectivity index (χ2v) is 5.63. The number of rotatable bonds is 4.